The highest BCUT2D eigenvalue weighted by Gasteiger charge is 2.13. The molecule has 0 aliphatic heterocycles. The fourth-order valence-electron chi connectivity index (χ4n) is 3.14. The minimum absolute atomic E-state index is 0.0782. The molecule has 4 heteroatoms. The Morgan fingerprint density at radius 1 is 1.00 bits per heavy atom. The molecule has 0 bridgehead atoms. The van der Waals surface area contributed by atoms with Crippen LogP contribution in [-0.4, -0.2) is 15.5 Å². The molecule has 0 aliphatic rings. The number of benzene rings is 2. The quantitative estimate of drug-likeness (QED) is 0.677. The molecular weight excluding hydrogens is 346 g/mol. The first kappa shape index (κ1) is 19.9. The number of carbonyl (C=O) groups excluding carboxylic acids is 1. The van der Waals surface area contributed by atoms with E-state index in [1.54, 1.807) is 6.20 Å². The second-order valence-corrected chi connectivity index (χ2v) is 8.23. The summed E-state index contributed by atoms with van der Waals surface area (Å²) in [5.74, 6) is 1.03. The highest BCUT2D eigenvalue weighted by Crippen LogP contribution is 2.22. The molecule has 28 heavy (non-hydrogen) atoms. The maximum Gasteiger partial charge on any atom is 0.220 e. The van der Waals surface area contributed by atoms with Gasteiger partial charge in [-0.3, -0.25) is 4.79 Å². The van der Waals surface area contributed by atoms with Gasteiger partial charge in [0, 0.05) is 31.0 Å². The molecule has 0 radical (unpaired) electrons. The zero-order valence-electron chi connectivity index (χ0n) is 17.2. The Labute approximate surface area is 167 Å². The molecule has 146 valence electrons. The van der Waals surface area contributed by atoms with Crippen LogP contribution in [-0.2, 0) is 23.2 Å². The van der Waals surface area contributed by atoms with Gasteiger partial charge in [0.15, 0.2) is 0 Å². The number of hydrogen-bond donors (Lipinski definition) is 1. The summed E-state index contributed by atoms with van der Waals surface area (Å²) in [6.45, 7) is 9.14. The molecular formula is C24H29N3O. The first-order valence-corrected chi connectivity index (χ1v) is 9.78. The monoisotopic (exact) mass is 375 g/mol. The lowest BCUT2D eigenvalue weighted by molar-refractivity contribution is -0.121. The Morgan fingerprint density at radius 2 is 1.64 bits per heavy atom. The number of nitrogens with one attached hydrogen (secondary N) is 1. The lowest BCUT2D eigenvalue weighted by Crippen LogP contribution is -2.23. The van der Waals surface area contributed by atoms with Crippen molar-refractivity contribution in [1.82, 2.24) is 14.9 Å². The van der Waals surface area contributed by atoms with E-state index in [-0.39, 0.29) is 11.3 Å². The zero-order valence-corrected chi connectivity index (χ0v) is 17.2. The molecule has 0 saturated carbocycles. The van der Waals surface area contributed by atoms with E-state index in [0.717, 1.165) is 23.5 Å². The molecule has 4 nitrogen and oxygen atoms in total. The van der Waals surface area contributed by atoms with Crippen molar-refractivity contribution in [2.45, 2.75) is 52.5 Å². The highest BCUT2D eigenvalue weighted by atomic mass is 16.1. The van der Waals surface area contributed by atoms with Crippen LogP contribution in [0.25, 0.3) is 5.69 Å². The molecule has 0 unspecified atom stereocenters. The van der Waals surface area contributed by atoms with E-state index in [2.05, 4.69) is 55.3 Å². The Kier molecular flexibility index (Phi) is 5.98. The predicted molar refractivity (Wildman–Crippen MR) is 114 cm³/mol. The Bertz CT molecular complexity index is 916. The number of hydrogen-bond acceptors (Lipinski definition) is 2. The topological polar surface area (TPSA) is 46.9 Å². The van der Waals surface area contributed by atoms with Gasteiger partial charge in [0.1, 0.15) is 5.82 Å². The molecule has 0 aliphatic carbocycles. The summed E-state index contributed by atoms with van der Waals surface area (Å²) in [5, 5.41) is 3.01. The number of aromatic nitrogens is 2. The van der Waals surface area contributed by atoms with Gasteiger partial charge in [-0.2, -0.15) is 0 Å². The Morgan fingerprint density at radius 3 is 2.21 bits per heavy atom. The van der Waals surface area contributed by atoms with Gasteiger partial charge in [-0.15, -0.1) is 0 Å². The molecule has 2 aromatic carbocycles. The molecule has 1 aromatic heterocycles. The van der Waals surface area contributed by atoms with Crippen molar-refractivity contribution in [3.05, 3.63) is 83.4 Å². The number of nitrogens with zero attached hydrogens (tertiary/aromatic N) is 2. The fraction of sp³-hybridized carbons (Fsp3) is 0.333. The molecule has 3 rings (SSSR count). The van der Waals surface area contributed by atoms with E-state index in [1.165, 1.54) is 11.1 Å². The first-order chi connectivity index (χ1) is 13.3. The van der Waals surface area contributed by atoms with Crippen molar-refractivity contribution in [3.8, 4) is 5.69 Å². The van der Waals surface area contributed by atoms with Gasteiger partial charge in [0.05, 0.1) is 0 Å². The normalized spacial score (nSPS) is 11.4. The lowest BCUT2D eigenvalue weighted by Gasteiger charge is -2.19. The average molecular weight is 376 g/mol. The standard InChI is InChI=1S/C24H29N3O/c1-18-25-15-16-27(18)22-12-7-20(8-13-22)17-26-23(28)14-9-19-5-10-21(11-6-19)24(2,3)4/h5-8,10-13,15-16H,9,14,17H2,1-4H3,(H,26,28). The summed E-state index contributed by atoms with van der Waals surface area (Å²) in [5.41, 5.74) is 4.83. The van der Waals surface area contributed by atoms with Gasteiger partial charge in [-0.25, -0.2) is 4.98 Å². The molecule has 0 spiro atoms. The number of amides is 1. The Balaban J connectivity index is 1.47. The molecule has 3 aromatic rings. The van der Waals surface area contributed by atoms with Crippen LogP contribution in [0.1, 0.15) is 49.7 Å². The van der Waals surface area contributed by atoms with Crippen LogP contribution in [0.15, 0.2) is 60.9 Å². The second-order valence-electron chi connectivity index (χ2n) is 8.23. The molecule has 1 amide bonds. The van der Waals surface area contributed by atoms with Gasteiger partial charge in [-0.1, -0.05) is 57.2 Å². The minimum atomic E-state index is 0.0782. The summed E-state index contributed by atoms with van der Waals surface area (Å²) < 4.78 is 2.04. The third kappa shape index (κ3) is 5.10. The predicted octanol–water partition coefficient (Wildman–Crippen LogP) is 4.73. The van der Waals surface area contributed by atoms with Crippen LogP contribution in [0.5, 0.6) is 0 Å². The van der Waals surface area contributed by atoms with Crippen LogP contribution in [0.4, 0.5) is 0 Å². The number of rotatable bonds is 6. The summed E-state index contributed by atoms with van der Waals surface area (Å²) in [4.78, 5) is 16.4. The van der Waals surface area contributed by atoms with E-state index >= 15 is 0 Å². The average Bonchev–Trinajstić information content (AvgIpc) is 3.10. The highest BCUT2D eigenvalue weighted by molar-refractivity contribution is 5.76. The lowest BCUT2D eigenvalue weighted by atomic mass is 9.86. The molecule has 1 N–H and O–H groups in total. The minimum Gasteiger partial charge on any atom is -0.352 e. The van der Waals surface area contributed by atoms with Gasteiger partial charge in [0.2, 0.25) is 5.91 Å². The van der Waals surface area contributed by atoms with Crippen molar-refractivity contribution in [3.63, 3.8) is 0 Å². The van der Waals surface area contributed by atoms with E-state index in [0.29, 0.717) is 13.0 Å². The van der Waals surface area contributed by atoms with Crippen molar-refractivity contribution < 1.29 is 4.79 Å². The summed E-state index contributed by atoms with van der Waals surface area (Å²) in [6.07, 6.45) is 5.00. The summed E-state index contributed by atoms with van der Waals surface area (Å²) in [6, 6.07) is 16.8. The van der Waals surface area contributed by atoms with E-state index in [4.69, 9.17) is 0 Å². The van der Waals surface area contributed by atoms with Gasteiger partial charge < -0.3 is 9.88 Å². The Hall–Kier alpha value is -2.88. The third-order valence-corrected chi connectivity index (χ3v) is 4.99. The van der Waals surface area contributed by atoms with Gasteiger partial charge >= 0.3 is 0 Å². The summed E-state index contributed by atoms with van der Waals surface area (Å²) in [7, 11) is 0. The van der Waals surface area contributed by atoms with Crippen LogP contribution >= 0.6 is 0 Å². The number of carbonyl (C=O) groups is 1. The largest absolute Gasteiger partial charge is 0.352 e. The molecule has 1 heterocycles. The van der Waals surface area contributed by atoms with Crippen molar-refractivity contribution in [2.24, 2.45) is 0 Å². The van der Waals surface area contributed by atoms with Crippen molar-refractivity contribution in [2.75, 3.05) is 0 Å². The smallest absolute Gasteiger partial charge is 0.220 e. The summed E-state index contributed by atoms with van der Waals surface area (Å²) >= 11 is 0. The molecule has 0 saturated heterocycles. The van der Waals surface area contributed by atoms with E-state index in [9.17, 15) is 4.79 Å². The number of imidazole rings is 1. The second kappa shape index (κ2) is 8.42. The maximum atomic E-state index is 12.2. The van der Waals surface area contributed by atoms with Crippen molar-refractivity contribution in [1.29, 1.82) is 0 Å². The first-order valence-electron chi connectivity index (χ1n) is 9.78. The number of aryl methyl sites for hydroxylation is 2. The SMILES string of the molecule is Cc1nccn1-c1ccc(CNC(=O)CCc2ccc(C(C)(C)C)cc2)cc1. The fourth-order valence-corrected chi connectivity index (χ4v) is 3.14. The van der Waals surface area contributed by atoms with Crippen LogP contribution in [0, 0.1) is 6.92 Å². The molecule has 0 atom stereocenters. The van der Waals surface area contributed by atoms with Crippen LogP contribution in [0.3, 0.4) is 0 Å². The maximum absolute atomic E-state index is 12.2. The third-order valence-electron chi connectivity index (χ3n) is 4.99. The van der Waals surface area contributed by atoms with Gasteiger partial charge in [0.25, 0.3) is 0 Å². The zero-order chi connectivity index (χ0) is 20.1. The van der Waals surface area contributed by atoms with Crippen molar-refractivity contribution >= 4 is 5.91 Å². The van der Waals surface area contributed by atoms with Crippen LogP contribution in [0.2, 0.25) is 0 Å². The van der Waals surface area contributed by atoms with E-state index < -0.39 is 0 Å². The van der Waals surface area contributed by atoms with Crippen LogP contribution < -0.4 is 5.32 Å². The van der Waals surface area contributed by atoms with E-state index in [1.807, 2.05) is 42.0 Å². The van der Waals surface area contributed by atoms with Gasteiger partial charge in [-0.05, 0) is 47.6 Å². The molecule has 0 fully saturated rings.